The van der Waals surface area contributed by atoms with Crippen molar-refractivity contribution in [3.05, 3.63) is 35.4 Å². The van der Waals surface area contributed by atoms with Gasteiger partial charge in [-0.05, 0) is 30.4 Å². The first-order valence-electron chi connectivity index (χ1n) is 8.72. The van der Waals surface area contributed by atoms with Gasteiger partial charge in [-0.25, -0.2) is 10.9 Å². The van der Waals surface area contributed by atoms with Gasteiger partial charge in [-0.3, -0.25) is 4.79 Å². The molecule has 4 atom stereocenters. The lowest BCUT2D eigenvalue weighted by atomic mass is 9.99. The van der Waals surface area contributed by atoms with Gasteiger partial charge in [0.2, 0.25) is 5.91 Å². The first-order valence-corrected chi connectivity index (χ1v) is 8.72. The number of aryl methyl sites for hydroxylation is 1. The van der Waals surface area contributed by atoms with Crippen molar-refractivity contribution >= 4 is 5.91 Å². The van der Waals surface area contributed by atoms with E-state index in [0.29, 0.717) is 13.2 Å². The Balaban J connectivity index is 1.55. The Morgan fingerprint density at radius 1 is 1.33 bits per heavy atom. The predicted octanol–water partition coefficient (Wildman–Crippen LogP) is 1.08. The molecule has 0 spiro atoms. The maximum atomic E-state index is 12.5. The average molecular weight is 333 g/mol. The Kier molecular flexibility index (Phi) is 5.84. The Morgan fingerprint density at radius 3 is 2.83 bits per heavy atom. The highest BCUT2D eigenvalue weighted by molar-refractivity contribution is 5.82. The summed E-state index contributed by atoms with van der Waals surface area (Å²) in [5, 5.41) is 3.11. The van der Waals surface area contributed by atoms with Gasteiger partial charge in [0.1, 0.15) is 12.1 Å². The van der Waals surface area contributed by atoms with E-state index in [0.717, 1.165) is 19.3 Å². The molecule has 1 aromatic rings. The molecule has 2 aliphatic rings. The molecule has 2 heterocycles. The number of hydrazine groups is 1. The Morgan fingerprint density at radius 2 is 2.12 bits per heavy atom. The van der Waals surface area contributed by atoms with Crippen LogP contribution in [0.1, 0.15) is 36.9 Å². The molecule has 1 aromatic carbocycles. The van der Waals surface area contributed by atoms with Crippen LogP contribution in [-0.2, 0) is 20.7 Å². The molecule has 0 saturated carbocycles. The second-order valence-electron chi connectivity index (χ2n) is 6.48. The third-order valence-electron chi connectivity index (χ3n) is 4.94. The second-order valence-corrected chi connectivity index (χ2v) is 6.48. The summed E-state index contributed by atoms with van der Waals surface area (Å²) in [6, 6.07) is 8.50. The summed E-state index contributed by atoms with van der Waals surface area (Å²) in [6.07, 6.45) is 2.48. The number of carbonyl (C=O) groups is 1. The zero-order valence-corrected chi connectivity index (χ0v) is 14.4. The van der Waals surface area contributed by atoms with Crippen LogP contribution >= 0.6 is 0 Å². The number of methoxy groups -OCH3 is 1. The number of ether oxygens (including phenoxy) is 2. The highest BCUT2D eigenvalue weighted by Crippen LogP contribution is 2.23. The van der Waals surface area contributed by atoms with E-state index in [2.05, 4.69) is 47.4 Å². The zero-order chi connectivity index (χ0) is 16.9. The number of benzene rings is 1. The van der Waals surface area contributed by atoms with Gasteiger partial charge in [0.05, 0.1) is 12.6 Å². The van der Waals surface area contributed by atoms with Crippen molar-refractivity contribution in [2.75, 3.05) is 20.3 Å². The van der Waals surface area contributed by atoms with Crippen LogP contribution in [0, 0.1) is 0 Å². The normalized spacial score (nSPS) is 30.2. The van der Waals surface area contributed by atoms with Crippen LogP contribution in [0.15, 0.2) is 24.3 Å². The van der Waals surface area contributed by atoms with Gasteiger partial charge in [0, 0.05) is 19.8 Å². The number of carbonyl (C=O) groups excluding carboxylic acids is 1. The van der Waals surface area contributed by atoms with Gasteiger partial charge >= 0.3 is 0 Å². The molecular formula is C18H27N3O3. The molecule has 3 N–H and O–H groups in total. The lowest BCUT2D eigenvalue weighted by Crippen LogP contribution is -2.54. The monoisotopic (exact) mass is 333 g/mol. The molecule has 1 amide bonds. The molecule has 24 heavy (non-hydrogen) atoms. The standard InChI is InChI=1S/C18H27N3O3/c1-3-12-4-6-13(7-5-12)15-10-16(21-20-15)18(22)19-14-8-9-24-11-17(14)23-2/h4-7,14-17,20-21H,3,8-11H2,1-2H3,(H,19,22)/t14-,15?,16?,17-/m1/s1. The molecule has 2 saturated heterocycles. The molecule has 2 unspecified atom stereocenters. The van der Waals surface area contributed by atoms with E-state index in [1.54, 1.807) is 7.11 Å². The fourth-order valence-electron chi connectivity index (χ4n) is 3.32. The van der Waals surface area contributed by atoms with E-state index in [9.17, 15) is 4.79 Å². The van der Waals surface area contributed by atoms with E-state index in [1.807, 2.05) is 0 Å². The Hall–Kier alpha value is -1.47. The number of nitrogens with one attached hydrogen (secondary N) is 3. The first-order chi connectivity index (χ1) is 11.7. The van der Waals surface area contributed by atoms with E-state index < -0.39 is 0 Å². The topological polar surface area (TPSA) is 71.6 Å². The predicted molar refractivity (Wildman–Crippen MR) is 91.4 cm³/mol. The van der Waals surface area contributed by atoms with Gasteiger partial charge in [0.25, 0.3) is 0 Å². The Labute approximate surface area is 143 Å². The fraction of sp³-hybridized carbons (Fsp3) is 0.611. The maximum absolute atomic E-state index is 12.5. The SMILES string of the molecule is CCc1ccc(C2CC(C(=O)N[C@@H]3CCOC[C@H]3OC)NN2)cc1. The second kappa shape index (κ2) is 8.07. The lowest BCUT2D eigenvalue weighted by molar-refractivity contribution is -0.126. The molecule has 0 aliphatic carbocycles. The molecule has 3 rings (SSSR count). The van der Waals surface area contributed by atoms with E-state index in [-0.39, 0.29) is 30.1 Å². The van der Waals surface area contributed by atoms with Crippen LogP contribution in [0.5, 0.6) is 0 Å². The molecule has 0 aromatic heterocycles. The molecule has 2 aliphatic heterocycles. The summed E-state index contributed by atoms with van der Waals surface area (Å²) in [5.74, 6) is 0.0177. The van der Waals surface area contributed by atoms with Gasteiger partial charge in [-0.15, -0.1) is 0 Å². The molecule has 132 valence electrons. The van der Waals surface area contributed by atoms with Crippen molar-refractivity contribution in [1.29, 1.82) is 0 Å². The number of hydrogen-bond donors (Lipinski definition) is 3. The van der Waals surface area contributed by atoms with E-state index >= 15 is 0 Å². The smallest absolute Gasteiger partial charge is 0.238 e. The summed E-state index contributed by atoms with van der Waals surface area (Å²) in [7, 11) is 1.66. The summed E-state index contributed by atoms with van der Waals surface area (Å²) < 4.78 is 10.8. The van der Waals surface area contributed by atoms with Crippen LogP contribution in [0.25, 0.3) is 0 Å². The molecule has 6 nitrogen and oxygen atoms in total. The number of amides is 1. The number of hydrogen-bond acceptors (Lipinski definition) is 5. The third kappa shape index (κ3) is 3.95. The zero-order valence-electron chi connectivity index (χ0n) is 14.4. The maximum Gasteiger partial charge on any atom is 0.238 e. The minimum Gasteiger partial charge on any atom is -0.379 e. The van der Waals surface area contributed by atoms with Crippen LogP contribution in [0.2, 0.25) is 0 Å². The average Bonchev–Trinajstić information content (AvgIpc) is 3.12. The van der Waals surface area contributed by atoms with Crippen LogP contribution in [0.3, 0.4) is 0 Å². The van der Waals surface area contributed by atoms with Crippen molar-refractivity contribution in [2.45, 2.75) is 50.4 Å². The highest BCUT2D eigenvalue weighted by Gasteiger charge is 2.33. The fourth-order valence-corrected chi connectivity index (χ4v) is 3.32. The summed E-state index contributed by atoms with van der Waals surface area (Å²) in [5.41, 5.74) is 8.89. The largest absolute Gasteiger partial charge is 0.379 e. The van der Waals surface area contributed by atoms with Crippen molar-refractivity contribution in [1.82, 2.24) is 16.2 Å². The number of rotatable bonds is 5. The molecule has 6 heteroatoms. The van der Waals surface area contributed by atoms with Gasteiger partial charge < -0.3 is 14.8 Å². The van der Waals surface area contributed by atoms with Crippen LogP contribution < -0.4 is 16.2 Å². The molecular weight excluding hydrogens is 306 g/mol. The quantitative estimate of drug-likeness (QED) is 0.752. The van der Waals surface area contributed by atoms with Crippen molar-refractivity contribution in [3.63, 3.8) is 0 Å². The lowest BCUT2D eigenvalue weighted by Gasteiger charge is -2.31. The van der Waals surface area contributed by atoms with E-state index in [4.69, 9.17) is 9.47 Å². The van der Waals surface area contributed by atoms with Crippen molar-refractivity contribution in [2.24, 2.45) is 0 Å². The first kappa shape index (κ1) is 17.4. The van der Waals surface area contributed by atoms with Gasteiger partial charge in [-0.1, -0.05) is 31.2 Å². The van der Waals surface area contributed by atoms with Gasteiger partial charge in [0.15, 0.2) is 0 Å². The van der Waals surface area contributed by atoms with Crippen LogP contribution in [-0.4, -0.2) is 44.4 Å². The summed E-state index contributed by atoms with van der Waals surface area (Å²) in [6.45, 7) is 3.34. The Bertz CT molecular complexity index is 549. The minimum absolute atomic E-state index is 0.0148. The van der Waals surface area contributed by atoms with Crippen molar-refractivity contribution < 1.29 is 14.3 Å². The minimum atomic E-state index is -0.235. The van der Waals surface area contributed by atoms with E-state index in [1.165, 1.54) is 11.1 Å². The highest BCUT2D eigenvalue weighted by atomic mass is 16.5. The van der Waals surface area contributed by atoms with Gasteiger partial charge in [-0.2, -0.15) is 0 Å². The third-order valence-corrected chi connectivity index (χ3v) is 4.94. The molecule has 2 fully saturated rings. The summed E-state index contributed by atoms with van der Waals surface area (Å²) >= 11 is 0. The van der Waals surface area contributed by atoms with Crippen LogP contribution in [0.4, 0.5) is 0 Å². The van der Waals surface area contributed by atoms with Crippen molar-refractivity contribution in [3.8, 4) is 0 Å². The molecule has 0 radical (unpaired) electrons. The molecule has 0 bridgehead atoms. The summed E-state index contributed by atoms with van der Waals surface area (Å²) in [4.78, 5) is 12.5.